The molecule has 3 heterocycles. The molecule has 212 valence electrons. The minimum Gasteiger partial charge on any atom is -0.444 e. The second-order valence-electron chi connectivity index (χ2n) is 10.1. The van der Waals surface area contributed by atoms with E-state index in [1.54, 1.807) is 47.5 Å². The number of anilines is 2. The number of benzene rings is 1. The maximum atomic E-state index is 13.2. The molecule has 0 bridgehead atoms. The molecular formula is C28H29ClF3N5O2S. The number of nitrogens with zero attached hydrogens (tertiary/aromatic N) is 3. The number of piperazine rings is 1. The van der Waals surface area contributed by atoms with Crippen molar-refractivity contribution < 1.29 is 22.7 Å². The van der Waals surface area contributed by atoms with Crippen molar-refractivity contribution >= 4 is 51.9 Å². The van der Waals surface area contributed by atoms with Crippen LogP contribution in [0.15, 0.2) is 60.8 Å². The van der Waals surface area contributed by atoms with E-state index in [1.165, 1.54) is 11.3 Å². The Bertz CT molecular complexity index is 1390. The van der Waals surface area contributed by atoms with Gasteiger partial charge in [-0.25, -0.2) is 9.78 Å². The Labute approximate surface area is 239 Å². The summed E-state index contributed by atoms with van der Waals surface area (Å²) in [6.45, 7) is 7.78. The van der Waals surface area contributed by atoms with Crippen LogP contribution in [0, 0.1) is 5.41 Å². The van der Waals surface area contributed by atoms with Gasteiger partial charge in [0, 0.05) is 42.8 Å². The van der Waals surface area contributed by atoms with Crippen molar-refractivity contribution in [2.45, 2.75) is 32.5 Å². The first kappa shape index (κ1) is 29.4. The topological polar surface area (TPSA) is 81.5 Å². The monoisotopic (exact) mass is 591 g/mol. The fourth-order valence-electron chi connectivity index (χ4n) is 3.90. The maximum Gasteiger partial charge on any atom is 0.432 e. The van der Waals surface area contributed by atoms with Crippen LogP contribution in [0.2, 0.25) is 5.02 Å². The highest BCUT2D eigenvalue weighted by molar-refractivity contribution is 7.16. The second-order valence-corrected chi connectivity index (χ2v) is 11.6. The highest BCUT2D eigenvalue weighted by Crippen LogP contribution is 2.35. The van der Waals surface area contributed by atoms with Gasteiger partial charge in [-0.2, -0.15) is 13.2 Å². The molecule has 4 rings (SSSR count). The molecule has 1 amide bonds. The van der Waals surface area contributed by atoms with E-state index >= 15 is 0 Å². The number of thiophene rings is 1. The lowest BCUT2D eigenvalue weighted by atomic mass is 10.2. The van der Waals surface area contributed by atoms with Crippen LogP contribution in [0.1, 0.15) is 25.6 Å². The molecule has 0 aliphatic carbocycles. The highest BCUT2D eigenvalue weighted by Gasteiger charge is 2.33. The van der Waals surface area contributed by atoms with Crippen LogP contribution < -0.4 is 10.2 Å². The number of hydrogen-bond donors (Lipinski definition) is 2. The maximum absolute atomic E-state index is 13.2. The van der Waals surface area contributed by atoms with E-state index in [0.29, 0.717) is 41.8 Å². The van der Waals surface area contributed by atoms with E-state index in [9.17, 15) is 18.0 Å². The smallest absolute Gasteiger partial charge is 0.432 e. The SMILES string of the molecule is CC(C)(C)OC(=O)N1CCN(c2ccc(-c3ccc(/C(=C/C(=N)C(F)(F)F)Nc4ccccc4Cl)s3)cn2)CC1. The standard InChI is InChI=1S/C28H29ClF3N5O2S/c1-27(2,3)39-26(38)37-14-12-36(13-15-37)25-11-8-18(17-34-25)22-9-10-23(40-22)21(16-24(33)28(30,31)32)35-20-7-5-4-6-19(20)29/h4-11,16-17,33,35H,12-15H2,1-3H3/b21-16-,33-24?. The molecule has 0 radical (unpaired) electrons. The van der Waals surface area contributed by atoms with E-state index in [4.69, 9.17) is 21.7 Å². The van der Waals surface area contributed by atoms with Crippen molar-refractivity contribution in [3.63, 3.8) is 0 Å². The molecule has 1 aromatic carbocycles. The number of allylic oxidation sites excluding steroid dienone is 1. The molecule has 1 saturated heterocycles. The summed E-state index contributed by atoms with van der Waals surface area (Å²) in [6, 6.07) is 14.0. The number of halogens is 4. The predicted octanol–water partition coefficient (Wildman–Crippen LogP) is 7.56. The second kappa shape index (κ2) is 11.9. The normalized spacial score (nSPS) is 14.7. The number of ether oxygens (including phenoxy) is 1. The zero-order valence-electron chi connectivity index (χ0n) is 22.2. The van der Waals surface area contributed by atoms with Gasteiger partial charge in [-0.3, -0.25) is 5.41 Å². The first-order valence-electron chi connectivity index (χ1n) is 12.5. The van der Waals surface area contributed by atoms with E-state index in [1.807, 2.05) is 32.9 Å². The molecule has 2 N–H and O–H groups in total. The summed E-state index contributed by atoms with van der Waals surface area (Å²) in [5.74, 6) is 0.768. The van der Waals surface area contributed by atoms with Crippen molar-refractivity contribution in [2.24, 2.45) is 0 Å². The molecule has 1 aliphatic heterocycles. The first-order valence-corrected chi connectivity index (χ1v) is 13.7. The van der Waals surface area contributed by atoms with E-state index in [-0.39, 0.29) is 11.8 Å². The lowest BCUT2D eigenvalue weighted by Crippen LogP contribution is -2.50. The summed E-state index contributed by atoms with van der Waals surface area (Å²) in [5, 5.41) is 10.8. The third-order valence-corrected chi connectivity index (χ3v) is 7.39. The molecular weight excluding hydrogens is 563 g/mol. The van der Waals surface area contributed by atoms with Crippen LogP contribution >= 0.6 is 22.9 Å². The van der Waals surface area contributed by atoms with Crippen LogP contribution in [0.3, 0.4) is 0 Å². The Morgan fingerprint density at radius 2 is 1.77 bits per heavy atom. The number of rotatable bonds is 6. The minimum atomic E-state index is -4.79. The Hall–Kier alpha value is -3.57. The summed E-state index contributed by atoms with van der Waals surface area (Å²) in [4.78, 5) is 22.0. The summed E-state index contributed by atoms with van der Waals surface area (Å²) in [5.41, 5.74) is -0.684. The van der Waals surface area contributed by atoms with Crippen LogP contribution in [0.25, 0.3) is 16.1 Å². The van der Waals surface area contributed by atoms with Gasteiger partial charge in [0.2, 0.25) is 0 Å². The summed E-state index contributed by atoms with van der Waals surface area (Å²) >= 11 is 7.48. The Morgan fingerprint density at radius 3 is 2.38 bits per heavy atom. The molecule has 1 aliphatic rings. The van der Waals surface area contributed by atoms with Crippen molar-refractivity contribution in [1.29, 1.82) is 5.41 Å². The quantitative estimate of drug-likeness (QED) is 0.289. The third-order valence-electron chi connectivity index (χ3n) is 5.90. The van der Waals surface area contributed by atoms with Crippen molar-refractivity contribution in [1.82, 2.24) is 9.88 Å². The number of pyridine rings is 1. The fourth-order valence-corrected chi connectivity index (χ4v) is 5.05. The van der Waals surface area contributed by atoms with Crippen LogP contribution in [-0.2, 0) is 4.74 Å². The summed E-state index contributed by atoms with van der Waals surface area (Å²) in [6.07, 6.45) is -2.64. The first-order chi connectivity index (χ1) is 18.8. The Morgan fingerprint density at radius 1 is 1.07 bits per heavy atom. The Kier molecular flexibility index (Phi) is 8.74. The number of aromatic nitrogens is 1. The number of alkyl halides is 3. The number of nitrogens with one attached hydrogen (secondary N) is 2. The molecule has 40 heavy (non-hydrogen) atoms. The fraction of sp³-hybridized carbons (Fsp3) is 0.321. The number of hydrogen-bond acceptors (Lipinski definition) is 7. The van der Waals surface area contributed by atoms with Gasteiger partial charge in [0.25, 0.3) is 0 Å². The summed E-state index contributed by atoms with van der Waals surface area (Å²) < 4.78 is 45.0. The third kappa shape index (κ3) is 7.54. The van der Waals surface area contributed by atoms with Crippen LogP contribution in [-0.4, -0.2) is 59.6 Å². The molecule has 0 spiro atoms. The van der Waals surface area contributed by atoms with Gasteiger partial charge in [0.1, 0.15) is 17.1 Å². The minimum absolute atomic E-state index is 0.110. The number of carbonyl (C=O) groups is 1. The van der Waals surface area contributed by atoms with Gasteiger partial charge >= 0.3 is 12.3 Å². The lowest BCUT2D eigenvalue weighted by molar-refractivity contribution is -0.0584. The van der Waals surface area contributed by atoms with Gasteiger partial charge in [-0.15, -0.1) is 11.3 Å². The predicted molar refractivity (Wildman–Crippen MR) is 154 cm³/mol. The number of amides is 1. The van der Waals surface area contributed by atoms with Gasteiger partial charge in [-0.1, -0.05) is 23.7 Å². The number of carbonyl (C=O) groups excluding carboxylic acids is 1. The van der Waals surface area contributed by atoms with E-state index in [0.717, 1.165) is 22.3 Å². The van der Waals surface area contributed by atoms with Crippen LogP contribution in [0.5, 0.6) is 0 Å². The molecule has 3 aromatic rings. The average Bonchev–Trinajstić information content (AvgIpc) is 3.38. The average molecular weight is 592 g/mol. The van der Waals surface area contributed by atoms with Gasteiger partial charge in [0.05, 0.1) is 21.3 Å². The number of para-hydroxylation sites is 1. The Balaban J connectivity index is 1.48. The lowest BCUT2D eigenvalue weighted by Gasteiger charge is -2.36. The van der Waals surface area contributed by atoms with E-state index in [2.05, 4.69) is 15.2 Å². The van der Waals surface area contributed by atoms with Crippen LogP contribution in [0.4, 0.5) is 29.5 Å². The molecule has 2 aromatic heterocycles. The molecule has 0 unspecified atom stereocenters. The van der Waals surface area contributed by atoms with E-state index < -0.39 is 17.5 Å². The molecule has 0 atom stereocenters. The van der Waals surface area contributed by atoms with Gasteiger partial charge in [-0.05, 0) is 63.2 Å². The zero-order chi connectivity index (χ0) is 29.1. The molecule has 7 nitrogen and oxygen atoms in total. The molecule has 1 fully saturated rings. The van der Waals surface area contributed by atoms with Crippen molar-refractivity contribution in [3.05, 3.63) is 70.7 Å². The molecule has 12 heteroatoms. The van der Waals surface area contributed by atoms with Crippen molar-refractivity contribution in [3.8, 4) is 10.4 Å². The van der Waals surface area contributed by atoms with Crippen molar-refractivity contribution in [2.75, 3.05) is 36.4 Å². The zero-order valence-corrected chi connectivity index (χ0v) is 23.8. The van der Waals surface area contributed by atoms with Gasteiger partial charge in [0.15, 0.2) is 0 Å². The van der Waals surface area contributed by atoms with Gasteiger partial charge < -0.3 is 19.9 Å². The summed E-state index contributed by atoms with van der Waals surface area (Å²) in [7, 11) is 0. The molecule has 0 saturated carbocycles. The largest absolute Gasteiger partial charge is 0.444 e. The highest BCUT2D eigenvalue weighted by atomic mass is 35.5.